The van der Waals surface area contributed by atoms with Gasteiger partial charge in [-0.25, -0.2) is 4.98 Å². The van der Waals surface area contributed by atoms with Gasteiger partial charge >= 0.3 is 0 Å². The molecule has 1 aliphatic carbocycles. The van der Waals surface area contributed by atoms with Crippen LogP contribution in [0.2, 0.25) is 0 Å². The molecule has 6 heteroatoms. The molecule has 0 unspecified atom stereocenters. The molecule has 0 aliphatic heterocycles. The van der Waals surface area contributed by atoms with E-state index in [1.807, 2.05) is 0 Å². The van der Waals surface area contributed by atoms with Crippen molar-refractivity contribution < 1.29 is 4.79 Å². The summed E-state index contributed by atoms with van der Waals surface area (Å²) in [4.78, 5) is 15.7. The first-order valence-corrected chi connectivity index (χ1v) is 5.12. The van der Waals surface area contributed by atoms with Gasteiger partial charge in [-0.2, -0.15) is 5.10 Å². The Morgan fingerprint density at radius 3 is 2.93 bits per heavy atom. The number of rotatable bonds is 3. The van der Waals surface area contributed by atoms with E-state index >= 15 is 0 Å². The minimum absolute atomic E-state index is 0.0867. The first-order valence-electron chi connectivity index (χ1n) is 5.12. The fraction of sp³-hybridized carbons (Fsp3) is 0.667. The Bertz CT molecular complexity index is 328. The van der Waals surface area contributed by atoms with Crippen molar-refractivity contribution >= 4 is 5.91 Å². The van der Waals surface area contributed by atoms with E-state index in [9.17, 15) is 4.79 Å². The summed E-state index contributed by atoms with van der Waals surface area (Å²) in [6.07, 6.45) is 5.03. The van der Waals surface area contributed by atoms with Crippen molar-refractivity contribution in [3.05, 3.63) is 12.2 Å². The molecule has 0 bridgehead atoms. The Morgan fingerprint density at radius 1 is 1.60 bits per heavy atom. The monoisotopic (exact) mass is 209 g/mol. The average molecular weight is 209 g/mol. The first-order chi connectivity index (χ1) is 7.21. The number of aromatic amines is 1. The largest absolute Gasteiger partial charge is 0.347 e. The third-order valence-corrected chi connectivity index (χ3v) is 2.83. The van der Waals surface area contributed by atoms with E-state index in [-0.39, 0.29) is 5.91 Å². The third kappa shape index (κ3) is 2.15. The van der Waals surface area contributed by atoms with Crippen LogP contribution >= 0.6 is 0 Å². The first kappa shape index (κ1) is 10.1. The molecule has 4 N–H and O–H groups in total. The predicted molar refractivity (Wildman–Crippen MR) is 53.6 cm³/mol. The molecule has 0 spiro atoms. The van der Waals surface area contributed by atoms with Crippen molar-refractivity contribution in [3.63, 3.8) is 0 Å². The maximum atomic E-state index is 11.8. The molecule has 2 rings (SSSR count). The quantitative estimate of drug-likeness (QED) is 0.636. The number of amides is 1. The van der Waals surface area contributed by atoms with E-state index in [0.29, 0.717) is 12.4 Å². The standard InChI is InChI=1S/C9H15N5O/c10-9(3-1-2-4-9)8(15)11-5-7-12-6-13-14-7/h6H,1-5,10H2,(H,11,15)(H,12,13,14). The Hall–Kier alpha value is -1.43. The zero-order valence-corrected chi connectivity index (χ0v) is 8.49. The lowest BCUT2D eigenvalue weighted by atomic mass is 9.98. The summed E-state index contributed by atoms with van der Waals surface area (Å²) in [6, 6.07) is 0. The van der Waals surface area contributed by atoms with Crippen molar-refractivity contribution in [1.82, 2.24) is 20.5 Å². The summed E-state index contributed by atoms with van der Waals surface area (Å²) in [7, 11) is 0. The Labute approximate surface area is 87.6 Å². The van der Waals surface area contributed by atoms with Gasteiger partial charge in [0, 0.05) is 0 Å². The fourth-order valence-corrected chi connectivity index (χ4v) is 1.89. The second-order valence-electron chi connectivity index (χ2n) is 3.98. The minimum Gasteiger partial charge on any atom is -0.347 e. The van der Waals surface area contributed by atoms with Gasteiger partial charge in [0.25, 0.3) is 0 Å². The topological polar surface area (TPSA) is 96.7 Å². The molecule has 0 saturated heterocycles. The van der Waals surface area contributed by atoms with Crippen LogP contribution in [0.4, 0.5) is 0 Å². The van der Waals surface area contributed by atoms with E-state index < -0.39 is 5.54 Å². The summed E-state index contributed by atoms with van der Waals surface area (Å²) in [5.74, 6) is 0.557. The maximum absolute atomic E-state index is 11.8. The van der Waals surface area contributed by atoms with Gasteiger partial charge in [-0.3, -0.25) is 9.89 Å². The van der Waals surface area contributed by atoms with Crippen LogP contribution in [-0.4, -0.2) is 26.6 Å². The SMILES string of the molecule is NC1(C(=O)NCc2ncn[nH]2)CCCC1. The van der Waals surface area contributed by atoms with Crippen LogP contribution in [0.15, 0.2) is 6.33 Å². The molecule has 1 aromatic rings. The Morgan fingerprint density at radius 2 is 2.33 bits per heavy atom. The number of nitrogens with one attached hydrogen (secondary N) is 2. The molecule has 0 radical (unpaired) electrons. The predicted octanol–water partition coefficient (Wildman–Crippen LogP) is -0.308. The number of carbonyl (C=O) groups excluding carboxylic acids is 1. The molecule has 0 atom stereocenters. The van der Waals surface area contributed by atoms with Crippen molar-refractivity contribution in [1.29, 1.82) is 0 Å². The minimum atomic E-state index is -0.667. The molecular formula is C9H15N5O. The number of H-pyrrole nitrogens is 1. The van der Waals surface area contributed by atoms with Crippen LogP contribution in [0.1, 0.15) is 31.5 Å². The molecule has 1 heterocycles. The van der Waals surface area contributed by atoms with E-state index in [0.717, 1.165) is 25.7 Å². The number of carbonyl (C=O) groups is 1. The molecule has 1 amide bonds. The number of nitrogens with two attached hydrogens (primary N) is 1. The van der Waals surface area contributed by atoms with Crippen molar-refractivity contribution in [3.8, 4) is 0 Å². The average Bonchev–Trinajstić information content (AvgIpc) is 2.85. The Balaban J connectivity index is 1.87. The molecule has 1 fully saturated rings. The second-order valence-corrected chi connectivity index (χ2v) is 3.98. The van der Waals surface area contributed by atoms with Crippen LogP contribution in [0, 0.1) is 0 Å². The van der Waals surface area contributed by atoms with Gasteiger partial charge < -0.3 is 11.1 Å². The van der Waals surface area contributed by atoms with E-state index in [2.05, 4.69) is 20.5 Å². The van der Waals surface area contributed by atoms with Gasteiger partial charge in [0.05, 0.1) is 12.1 Å². The van der Waals surface area contributed by atoms with E-state index in [4.69, 9.17) is 5.73 Å². The number of nitrogens with zero attached hydrogens (tertiary/aromatic N) is 2. The lowest BCUT2D eigenvalue weighted by Crippen LogP contribution is -2.51. The summed E-state index contributed by atoms with van der Waals surface area (Å²) >= 11 is 0. The van der Waals surface area contributed by atoms with Crippen LogP contribution in [0.25, 0.3) is 0 Å². The molecule has 6 nitrogen and oxygen atoms in total. The van der Waals surface area contributed by atoms with Gasteiger partial charge in [0.15, 0.2) is 0 Å². The molecular weight excluding hydrogens is 194 g/mol. The number of hydrogen-bond acceptors (Lipinski definition) is 4. The zero-order valence-electron chi connectivity index (χ0n) is 8.49. The molecule has 0 aromatic carbocycles. The van der Waals surface area contributed by atoms with E-state index in [1.165, 1.54) is 6.33 Å². The van der Waals surface area contributed by atoms with Crippen molar-refractivity contribution in [2.75, 3.05) is 0 Å². The highest BCUT2D eigenvalue weighted by molar-refractivity contribution is 5.86. The number of hydrogen-bond donors (Lipinski definition) is 3. The molecule has 15 heavy (non-hydrogen) atoms. The Kier molecular flexibility index (Phi) is 2.68. The van der Waals surface area contributed by atoms with Gasteiger partial charge in [-0.05, 0) is 12.8 Å². The van der Waals surface area contributed by atoms with Crippen LogP contribution < -0.4 is 11.1 Å². The molecule has 1 aromatic heterocycles. The van der Waals surface area contributed by atoms with Gasteiger partial charge in [-0.15, -0.1) is 0 Å². The summed E-state index contributed by atoms with van der Waals surface area (Å²) < 4.78 is 0. The smallest absolute Gasteiger partial charge is 0.240 e. The summed E-state index contributed by atoms with van der Waals surface area (Å²) in [5, 5.41) is 9.15. The van der Waals surface area contributed by atoms with Crippen molar-refractivity contribution in [2.45, 2.75) is 37.8 Å². The van der Waals surface area contributed by atoms with E-state index in [1.54, 1.807) is 0 Å². The highest BCUT2D eigenvalue weighted by Gasteiger charge is 2.36. The molecule has 1 saturated carbocycles. The normalized spacial score (nSPS) is 19.0. The highest BCUT2D eigenvalue weighted by atomic mass is 16.2. The van der Waals surface area contributed by atoms with Crippen LogP contribution in [-0.2, 0) is 11.3 Å². The van der Waals surface area contributed by atoms with Gasteiger partial charge in [0.2, 0.25) is 5.91 Å². The van der Waals surface area contributed by atoms with Crippen molar-refractivity contribution in [2.24, 2.45) is 5.73 Å². The fourth-order valence-electron chi connectivity index (χ4n) is 1.89. The number of aromatic nitrogens is 3. The summed E-state index contributed by atoms with van der Waals surface area (Å²) in [5.41, 5.74) is 5.32. The lowest BCUT2D eigenvalue weighted by Gasteiger charge is -2.21. The second kappa shape index (κ2) is 3.98. The van der Waals surface area contributed by atoms with Crippen LogP contribution in [0.3, 0.4) is 0 Å². The third-order valence-electron chi connectivity index (χ3n) is 2.83. The molecule has 82 valence electrons. The summed E-state index contributed by atoms with van der Waals surface area (Å²) in [6.45, 7) is 0.359. The van der Waals surface area contributed by atoms with Gasteiger partial charge in [-0.1, -0.05) is 12.8 Å². The lowest BCUT2D eigenvalue weighted by molar-refractivity contribution is -0.126. The molecule has 1 aliphatic rings. The van der Waals surface area contributed by atoms with Gasteiger partial charge in [0.1, 0.15) is 12.2 Å². The van der Waals surface area contributed by atoms with Crippen LogP contribution in [0.5, 0.6) is 0 Å². The highest BCUT2D eigenvalue weighted by Crippen LogP contribution is 2.27. The zero-order chi connectivity index (χ0) is 10.7. The maximum Gasteiger partial charge on any atom is 0.240 e.